The van der Waals surface area contributed by atoms with Gasteiger partial charge in [0, 0.05) is 12.3 Å². The van der Waals surface area contributed by atoms with Crippen molar-refractivity contribution < 1.29 is 14.3 Å². The van der Waals surface area contributed by atoms with Gasteiger partial charge in [0.15, 0.2) is 0 Å². The summed E-state index contributed by atoms with van der Waals surface area (Å²) in [5, 5.41) is 3.38. The first-order chi connectivity index (χ1) is 9.29. The molecule has 0 aliphatic carbocycles. The Balaban J connectivity index is 1.80. The molecule has 1 aromatic rings. The first-order valence-electron chi connectivity index (χ1n) is 6.67. The maximum Gasteiger partial charge on any atom is 0.338 e. The Hall–Kier alpha value is -1.62. The number of nitrogens with zero attached hydrogens (tertiary/aromatic N) is 1. The molecule has 1 aliphatic rings. The molecule has 2 heterocycles. The van der Waals surface area contributed by atoms with Crippen molar-refractivity contribution in [2.75, 3.05) is 26.8 Å². The van der Waals surface area contributed by atoms with Crippen LogP contribution in [0.15, 0.2) is 18.3 Å². The number of carbonyl (C=O) groups excluding carboxylic acids is 1. The topological polar surface area (TPSA) is 60.5 Å². The number of aromatic nitrogens is 1. The van der Waals surface area contributed by atoms with Crippen molar-refractivity contribution >= 4 is 5.97 Å². The van der Waals surface area contributed by atoms with Crippen molar-refractivity contribution in [1.29, 1.82) is 0 Å². The lowest BCUT2D eigenvalue weighted by atomic mass is 9.97. The van der Waals surface area contributed by atoms with Gasteiger partial charge in [0.05, 0.1) is 19.3 Å². The molecule has 19 heavy (non-hydrogen) atoms. The van der Waals surface area contributed by atoms with Gasteiger partial charge >= 0.3 is 5.97 Å². The Bertz CT molecular complexity index is 417. The van der Waals surface area contributed by atoms with Crippen LogP contribution < -0.4 is 10.1 Å². The fourth-order valence-electron chi connectivity index (χ4n) is 2.23. The zero-order valence-corrected chi connectivity index (χ0v) is 11.2. The monoisotopic (exact) mass is 264 g/mol. The van der Waals surface area contributed by atoms with Crippen molar-refractivity contribution in [3.8, 4) is 5.88 Å². The summed E-state index contributed by atoms with van der Waals surface area (Å²) in [4.78, 5) is 15.5. The third-order valence-corrected chi connectivity index (χ3v) is 3.33. The van der Waals surface area contributed by atoms with Crippen LogP contribution in [0.1, 0.15) is 29.6 Å². The van der Waals surface area contributed by atoms with Crippen molar-refractivity contribution in [3.63, 3.8) is 0 Å². The first kappa shape index (κ1) is 13.8. The minimum atomic E-state index is -0.372. The second-order valence-electron chi connectivity index (χ2n) is 4.72. The van der Waals surface area contributed by atoms with E-state index in [1.165, 1.54) is 20.0 Å². The van der Waals surface area contributed by atoms with Crippen molar-refractivity contribution in [3.05, 3.63) is 23.9 Å². The summed E-state index contributed by atoms with van der Waals surface area (Å²) in [6, 6.07) is 3.23. The molecule has 1 saturated heterocycles. The van der Waals surface area contributed by atoms with E-state index in [0.717, 1.165) is 19.5 Å². The summed E-state index contributed by atoms with van der Waals surface area (Å²) < 4.78 is 10.3. The number of methoxy groups -OCH3 is 1. The molecule has 0 amide bonds. The molecule has 104 valence electrons. The fourth-order valence-corrected chi connectivity index (χ4v) is 2.23. The van der Waals surface area contributed by atoms with Gasteiger partial charge in [-0.1, -0.05) is 0 Å². The number of hydrogen-bond donors (Lipinski definition) is 1. The maximum absolute atomic E-state index is 11.4. The molecule has 1 atom stereocenters. The number of carbonyl (C=O) groups is 1. The molecule has 0 spiro atoms. The summed E-state index contributed by atoms with van der Waals surface area (Å²) in [6.07, 6.45) is 5.06. The highest BCUT2D eigenvalue weighted by Crippen LogP contribution is 2.15. The predicted molar refractivity (Wildman–Crippen MR) is 71.3 cm³/mol. The van der Waals surface area contributed by atoms with E-state index in [1.54, 1.807) is 18.3 Å². The minimum absolute atomic E-state index is 0.372. The van der Waals surface area contributed by atoms with E-state index < -0.39 is 0 Å². The van der Waals surface area contributed by atoms with E-state index in [9.17, 15) is 4.79 Å². The SMILES string of the molecule is COC(=O)c1ccnc(OCCC2CCCNC2)c1. The Morgan fingerprint density at radius 3 is 3.21 bits per heavy atom. The number of hydrogen-bond acceptors (Lipinski definition) is 5. The first-order valence-corrected chi connectivity index (χ1v) is 6.67. The van der Waals surface area contributed by atoms with E-state index in [2.05, 4.69) is 15.0 Å². The van der Waals surface area contributed by atoms with Crippen molar-refractivity contribution in [2.45, 2.75) is 19.3 Å². The van der Waals surface area contributed by atoms with Gasteiger partial charge in [0.1, 0.15) is 0 Å². The van der Waals surface area contributed by atoms with Crippen LogP contribution in [-0.4, -0.2) is 37.8 Å². The lowest BCUT2D eigenvalue weighted by Crippen LogP contribution is -2.30. The van der Waals surface area contributed by atoms with Crippen LogP contribution >= 0.6 is 0 Å². The van der Waals surface area contributed by atoms with Crippen LogP contribution in [0.2, 0.25) is 0 Å². The maximum atomic E-state index is 11.4. The van der Waals surface area contributed by atoms with Gasteiger partial charge in [-0.25, -0.2) is 9.78 Å². The molecule has 0 saturated carbocycles. The average molecular weight is 264 g/mol. The molecule has 1 aliphatic heterocycles. The molecular weight excluding hydrogens is 244 g/mol. The van der Waals surface area contributed by atoms with Crippen LogP contribution in [0.25, 0.3) is 0 Å². The van der Waals surface area contributed by atoms with Crippen molar-refractivity contribution in [2.24, 2.45) is 5.92 Å². The predicted octanol–water partition coefficient (Wildman–Crippen LogP) is 1.64. The van der Waals surface area contributed by atoms with Gasteiger partial charge in [0.2, 0.25) is 5.88 Å². The van der Waals surface area contributed by atoms with E-state index >= 15 is 0 Å². The summed E-state index contributed by atoms with van der Waals surface area (Å²) in [5.74, 6) is 0.785. The smallest absolute Gasteiger partial charge is 0.338 e. The molecular formula is C14H20N2O3. The largest absolute Gasteiger partial charge is 0.478 e. The summed E-state index contributed by atoms with van der Waals surface area (Å²) in [5.41, 5.74) is 0.465. The van der Waals surface area contributed by atoms with Gasteiger partial charge in [-0.15, -0.1) is 0 Å². The third-order valence-electron chi connectivity index (χ3n) is 3.33. The Kier molecular flexibility index (Phi) is 5.15. The summed E-state index contributed by atoms with van der Waals surface area (Å²) in [7, 11) is 1.36. The lowest BCUT2D eigenvalue weighted by Gasteiger charge is -2.22. The number of pyridine rings is 1. The van der Waals surface area contributed by atoms with Crippen LogP contribution in [0.5, 0.6) is 5.88 Å². The minimum Gasteiger partial charge on any atom is -0.478 e. The van der Waals surface area contributed by atoms with Crippen LogP contribution in [-0.2, 0) is 4.74 Å². The molecule has 1 fully saturated rings. The molecule has 0 radical (unpaired) electrons. The highest BCUT2D eigenvalue weighted by molar-refractivity contribution is 5.89. The highest BCUT2D eigenvalue weighted by atomic mass is 16.5. The van der Waals surface area contributed by atoms with Crippen molar-refractivity contribution in [1.82, 2.24) is 10.3 Å². The van der Waals surface area contributed by atoms with Gasteiger partial charge in [-0.05, 0) is 44.3 Å². The Morgan fingerprint density at radius 2 is 2.47 bits per heavy atom. The third kappa shape index (κ3) is 4.21. The zero-order chi connectivity index (χ0) is 13.5. The lowest BCUT2D eigenvalue weighted by molar-refractivity contribution is 0.0600. The van der Waals surface area contributed by atoms with Gasteiger partial charge in [-0.2, -0.15) is 0 Å². The normalized spacial score (nSPS) is 18.9. The van der Waals surface area contributed by atoms with E-state index in [1.807, 2.05) is 0 Å². The molecule has 0 bridgehead atoms. The second-order valence-corrected chi connectivity index (χ2v) is 4.72. The number of ether oxygens (including phenoxy) is 2. The molecule has 1 aromatic heterocycles. The molecule has 5 heteroatoms. The Morgan fingerprint density at radius 1 is 1.58 bits per heavy atom. The standard InChI is InChI=1S/C14H20N2O3/c1-18-14(17)12-4-7-16-13(9-12)19-8-5-11-3-2-6-15-10-11/h4,7,9,11,15H,2-3,5-6,8,10H2,1H3. The highest BCUT2D eigenvalue weighted by Gasteiger charge is 2.13. The van der Waals surface area contributed by atoms with Crippen LogP contribution in [0.4, 0.5) is 0 Å². The quantitative estimate of drug-likeness (QED) is 0.819. The number of piperidine rings is 1. The zero-order valence-electron chi connectivity index (χ0n) is 11.2. The average Bonchev–Trinajstić information content (AvgIpc) is 2.48. The van der Waals surface area contributed by atoms with Gasteiger partial charge in [-0.3, -0.25) is 0 Å². The molecule has 1 N–H and O–H groups in total. The number of nitrogens with one attached hydrogen (secondary N) is 1. The van der Waals surface area contributed by atoms with E-state index in [0.29, 0.717) is 24.0 Å². The van der Waals surface area contributed by atoms with Crippen LogP contribution in [0.3, 0.4) is 0 Å². The summed E-state index contributed by atoms with van der Waals surface area (Å²) in [6.45, 7) is 2.82. The van der Waals surface area contributed by atoms with E-state index in [4.69, 9.17) is 4.74 Å². The molecule has 0 aromatic carbocycles. The molecule has 5 nitrogen and oxygen atoms in total. The van der Waals surface area contributed by atoms with Crippen LogP contribution in [0, 0.1) is 5.92 Å². The van der Waals surface area contributed by atoms with Gasteiger partial charge < -0.3 is 14.8 Å². The summed E-state index contributed by atoms with van der Waals surface area (Å²) >= 11 is 0. The number of esters is 1. The molecule has 1 unspecified atom stereocenters. The second kappa shape index (κ2) is 7.09. The fraction of sp³-hybridized carbons (Fsp3) is 0.571. The van der Waals surface area contributed by atoms with E-state index in [-0.39, 0.29) is 5.97 Å². The number of rotatable bonds is 5. The molecule has 2 rings (SSSR count). The Labute approximate surface area is 113 Å². The van der Waals surface area contributed by atoms with Gasteiger partial charge in [0.25, 0.3) is 0 Å².